The van der Waals surface area contributed by atoms with Crippen molar-refractivity contribution in [2.45, 2.75) is 0 Å². The summed E-state index contributed by atoms with van der Waals surface area (Å²) in [6.07, 6.45) is 2.50. The summed E-state index contributed by atoms with van der Waals surface area (Å²) in [5.41, 5.74) is -0.776. The van der Waals surface area contributed by atoms with E-state index in [0.29, 0.717) is 37.3 Å². The average Bonchev–Trinajstić information content (AvgIpc) is 2.68. The van der Waals surface area contributed by atoms with Gasteiger partial charge >= 0.3 is 0 Å². The Labute approximate surface area is 162 Å². The molecule has 2 aromatic rings. The first-order valence-electron chi connectivity index (χ1n) is 8.23. The third-order valence-corrected chi connectivity index (χ3v) is 4.57. The molecule has 27 heavy (non-hydrogen) atoms. The molecule has 0 aromatic heterocycles. The fourth-order valence-electron chi connectivity index (χ4n) is 2.59. The lowest BCUT2D eigenvalue weighted by Crippen LogP contribution is -2.36. The van der Waals surface area contributed by atoms with Gasteiger partial charge in [-0.1, -0.05) is 28.1 Å². The molecule has 0 atom stereocenters. The van der Waals surface area contributed by atoms with Crippen molar-refractivity contribution in [3.8, 4) is 11.5 Å². The van der Waals surface area contributed by atoms with Crippen molar-refractivity contribution in [1.82, 2.24) is 4.90 Å². The van der Waals surface area contributed by atoms with Gasteiger partial charge in [0, 0.05) is 24.1 Å². The number of nitrogens with zero attached hydrogens (tertiary/aromatic N) is 1. The van der Waals surface area contributed by atoms with E-state index >= 15 is 0 Å². The van der Waals surface area contributed by atoms with Crippen LogP contribution in [0.2, 0.25) is 0 Å². The molecule has 3 rings (SSSR count). The molecule has 1 aliphatic heterocycles. The van der Waals surface area contributed by atoms with Crippen molar-refractivity contribution in [1.29, 1.82) is 0 Å². The van der Waals surface area contributed by atoms with Crippen molar-refractivity contribution in [3.05, 3.63) is 63.6 Å². The number of benzene rings is 2. The molecule has 1 fully saturated rings. The van der Waals surface area contributed by atoms with E-state index in [4.69, 9.17) is 9.47 Å². The summed E-state index contributed by atoms with van der Waals surface area (Å²) >= 11 is 3.20. The summed E-state index contributed by atoms with van der Waals surface area (Å²) in [6.45, 7) is 2.89. The van der Waals surface area contributed by atoms with E-state index in [-0.39, 0.29) is 5.75 Å². The lowest BCUT2D eigenvalue weighted by molar-refractivity contribution is 0.0435. The zero-order chi connectivity index (χ0) is 19.4. The first-order valence-corrected chi connectivity index (χ1v) is 9.02. The Kier molecular flexibility index (Phi) is 6.51. The van der Waals surface area contributed by atoms with Crippen LogP contribution < -0.4 is 4.74 Å². The van der Waals surface area contributed by atoms with E-state index in [1.165, 1.54) is 18.2 Å². The molecule has 1 saturated heterocycles. The van der Waals surface area contributed by atoms with Crippen LogP contribution in [0.4, 0.5) is 17.6 Å². The van der Waals surface area contributed by atoms with Crippen molar-refractivity contribution in [2.75, 3.05) is 32.8 Å². The van der Waals surface area contributed by atoms with Crippen LogP contribution in [0, 0.1) is 23.3 Å². The van der Waals surface area contributed by atoms with Gasteiger partial charge in [-0.25, -0.2) is 8.78 Å². The minimum Gasteiger partial charge on any atom is -0.451 e. The zero-order valence-electron chi connectivity index (χ0n) is 14.2. The van der Waals surface area contributed by atoms with Crippen molar-refractivity contribution < 1.29 is 27.0 Å². The first kappa shape index (κ1) is 19.9. The Morgan fingerprint density at radius 1 is 0.963 bits per heavy atom. The van der Waals surface area contributed by atoms with Gasteiger partial charge in [-0.3, -0.25) is 4.90 Å². The molecule has 2 aromatic carbocycles. The predicted molar refractivity (Wildman–Crippen MR) is 96.8 cm³/mol. The van der Waals surface area contributed by atoms with Crippen LogP contribution in [0.5, 0.6) is 11.5 Å². The van der Waals surface area contributed by atoms with E-state index < -0.39 is 34.6 Å². The standard InChI is InChI=1S/C19H16BrF4NO2/c20-12-3-5-13(6-4-12)27-19-17(23)15(21)14(16(22)18(19)24)2-1-7-25-8-10-26-11-9-25/h1-6H,7-11H2. The second kappa shape index (κ2) is 8.86. The van der Waals surface area contributed by atoms with Gasteiger partial charge in [-0.05, 0) is 24.3 Å². The monoisotopic (exact) mass is 445 g/mol. The minimum absolute atomic E-state index is 0.0467. The summed E-state index contributed by atoms with van der Waals surface area (Å²) in [5.74, 6) is -7.23. The predicted octanol–water partition coefficient (Wildman–Crippen LogP) is 5.14. The Balaban J connectivity index is 1.83. The number of hydrogen-bond acceptors (Lipinski definition) is 3. The molecule has 1 heterocycles. The summed E-state index contributed by atoms with van der Waals surface area (Å²) < 4.78 is 68.0. The molecule has 144 valence electrons. The molecule has 8 heteroatoms. The third-order valence-electron chi connectivity index (χ3n) is 4.04. The highest BCUT2D eigenvalue weighted by Gasteiger charge is 2.26. The number of hydrogen-bond donors (Lipinski definition) is 0. The smallest absolute Gasteiger partial charge is 0.205 e. The van der Waals surface area contributed by atoms with Crippen LogP contribution in [0.3, 0.4) is 0 Å². The fraction of sp³-hybridized carbons (Fsp3) is 0.263. The quantitative estimate of drug-likeness (QED) is 0.469. The Bertz CT molecular complexity index is 808. The lowest BCUT2D eigenvalue weighted by atomic mass is 10.1. The van der Waals surface area contributed by atoms with Crippen LogP contribution in [-0.4, -0.2) is 37.7 Å². The van der Waals surface area contributed by atoms with Gasteiger partial charge in [0.05, 0.1) is 18.8 Å². The Hall–Kier alpha value is -1.90. The molecule has 0 aliphatic carbocycles. The molecule has 3 nitrogen and oxygen atoms in total. The molecule has 0 N–H and O–H groups in total. The average molecular weight is 446 g/mol. The van der Waals surface area contributed by atoms with Crippen LogP contribution in [0.15, 0.2) is 34.8 Å². The van der Waals surface area contributed by atoms with E-state index in [2.05, 4.69) is 15.9 Å². The molecule has 0 spiro atoms. The van der Waals surface area contributed by atoms with Crippen LogP contribution >= 0.6 is 15.9 Å². The topological polar surface area (TPSA) is 21.7 Å². The Morgan fingerprint density at radius 3 is 2.15 bits per heavy atom. The number of morpholine rings is 1. The van der Waals surface area contributed by atoms with E-state index in [1.807, 2.05) is 4.90 Å². The summed E-state index contributed by atoms with van der Waals surface area (Å²) in [4.78, 5) is 1.99. The Morgan fingerprint density at radius 2 is 1.56 bits per heavy atom. The van der Waals surface area contributed by atoms with Gasteiger partial charge in [-0.15, -0.1) is 0 Å². The maximum absolute atomic E-state index is 14.3. The van der Waals surface area contributed by atoms with Gasteiger partial charge in [0.15, 0.2) is 11.6 Å². The van der Waals surface area contributed by atoms with Gasteiger partial charge in [0.1, 0.15) is 5.75 Å². The van der Waals surface area contributed by atoms with Crippen LogP contribution in [0.1, 0.15) is 5.56 Å². The largest absolute Gasteiger partial charge is 0.451 e. The lowest BCUT2D eigenvalue weighted by Gasteiger charge is -2.25. The number of halogens is 5. The second-order valence-corrected chi connectivity index (χ2v) is 6.79. The van der Waals surface area contributed by atoms with Crippen molar-refractivity contribution in [3.63, 3.8) is 0 Å². The van der Waals surface area contributed by atoms with Crippen LogP contribution in [-0.2, 0) is 4.74 Å². The van der Waals surface area contributed by atoms with Crippen molar-refractivity contribution in [2.24, 2.45) is 0 Å². The molecule has 0 bridgehead atoms. The maximum Gasteiger partial charge on any atom is 0.205 e. The molecule has 1 aliphatic rings. The highest BCUT2D eigenvalue weighted by molar-refractivity contribution is 9.10. The highest BCUT2D eigenvalue weighted by Crippen LogP contribution is 2.34. The molecular weight excluding hydrogens is 430 g/mol. The fourth-order valence-corrected chi connectivity index (χ4v) is 2.85. The summed E-state index contributed by atoms with van der Waals surface area (Å²) in [7, 11) is 0. The van der Waals surface area contributed by atoms with E-state index in [1.54, 1.807) is 12.1 Å². The molecule has 0 unspecified atom stereocenters. The molecule has 0 amide bonds. The number of rotatable bonds is 5. The molecule has 0 saturated carbocycles. The summed E-state index contributed by atoms with van der Waals surface area (Å²) in [5, 5.41) is 0. The SMILES string of the molecule is Fc1c(F)c(Oc2ccc(Br)cc2)c(F)c(F)c1C=CCN1CCOCC1. The maximum atomic E-state index is 14.3. The summed E-state index contributed by atoms with van der Waals surface area (Å²) in [6, 6.07) is 5.96. The number of ether oxygens (including phenoxy) is 2. The second-order valence-electron chi connectivity index (χ2n) is 5.87. The van der Waals surface area contributed by atoms with Gasteiger partial charge in [-0.2, -0.15) is 8.78 Å². The molecule has 0 radical (unpaired) electrons. The zero-order valence-corrected chi connectivity index (χ0v) is 15.7. The van der Waals surface area contributed by atoms with E-state index in [0.717, 1.165) is 6.08 Å². The minimum atomic E-state index is -1.58. The first-order chi connectivity index (χ1) is 13.0. The van der Waals surface area contributed by atoms with Crippen molar-refractivity contribution >= 4 is 22.0 Å². The molecular formula is C19H16BrF4NO2. The normalized spacial score (nSPS) is 15.4. The van der Waals surface area contributed by atoms with Crippen LogP contribution in [0.25, 0.3) is 6.08 Å². The van der Waals surface area contributed by atoms with Gasteiger partial charge in [0.25, 0.3) is 0 Å². The van der Waals surface area contributed by atoms with Gasteiger partial charge < -0.3 is 9.47 Å². The third kappa shape index (κ3) is 4.69. The van der Waals surface area contributed by atoms with Gasteiger partial charge in [0.2, 0.25) is 17.4 Å². The highest BCUT2D eigenvalue weighted by atomic mass is 79.9. The van der Waals surface area contributed by atoms with E-state index in [9.17, 15) is 17.6 Å².